The fourth-order valence-corrected chi connectivity index (χ4v) is 4.98. The molecule has 30 heavy (non-hydrogen) atoms. The number of fused-ring (bicyclic) bond motifs is 2. The van der Waals surface area contributed by atoms with Crippen molar-refractivity contribution in [3.8, 4) is 0 Å². The van der Waals surface area contributed by atoms with Crippen molar-refractivity contribution in [2.24, 2.45) is 0 Å². The quantitative estimate of drug-likeness (QED) is 0.728. The van der Waals surface area contributed by atoms with Crippen LogP contribution in [-0.2, 0) is 18.4 Å². The average Bonchev–Trinajstić information content (AvgIpc) is 3.34. The first kappa shape index (κ1) is 18.8. The normalized spacial score (nSPS) is 20.5. The summed E-state index contributed by atoms with van der Waals surface area (Å²) in [6.45, 7) is 3.79. The summed E-state index contributed by atoms with van der Waals surface area (Å²) in [5.41, 5.74) is 3.22. The second-order valence-corrected chi connectivity index (χ2v) is 8.50. The number of aromatic amines is 1. The van der Waals surface area contributed by atoms with Gasteiger partial charge in [0.2, 0.25) is 0 Å². The van der Waals surface area contributed by atoms with Crippen LogP contribution in [0.5, 0.6) is 0 Å². The number of aromatic nitrogens is 4. The third-order valence-electron chi connectivity index (χ3n) is 6.42. The summed E-state index contributed by atoms with van der Waals surface area (Å²) >= 11 is 0. The summed E-state index contributed by atoms with van der Waals surface area (Å²) in [5.74, 6) is 0.647. The van der Waals surface area contributed by atoms with E-state index in [1.807, 2.05) is 48.4 Å². The van der Waals surface area contributed by atoms with Crippen LogP contribution in [0.4, 0.5) is 0 Å². The number of likely N-dealkylation sites (tertiary alicyclic amines) is 1. The Balaban J connectivity index is 1.37. The van der Waals surface area contributed by atoms with Crippen LogP contribution in [0, 0.1) is 6.92 Å². The molecule has 1 fully saturated rings. The largest absolute Gasteiger partial charge is 0.338 e. The van der Waals surface area contributed by atoms with Crippen LogP contribution in [0.25, 0.3) is 0 Å². The first-order valence-corrected chi connectivity index (χ1v) is 10.5. The predicted molar refractivity (Wildman–Crippen MR) is 113 cm³/mol. The molecule has 3 heterocycles. The molecular weight excluding hydrogens is 378 g/mol. The van der Waals surface area contributed by atoms with Crippen LogP contribution < -0.4 is 5.56 Å². The topological polar surface area (TPSA) is 83.9 Å². The fraction of sp³-hybridized carbons (Fsp3) is 0.391. The maximum absolute atomic E-state index is 13.2. The summed E-state index contributed by atoms with van der Waals surface area (Å²) < 4.78 is 1.80. The van der Waals surface area contributed by atoms with E-state index >= 15 is 0 Å². The minimum Gasteiger partial charge on any atom is -0.338 e. The summed E-state index contributed by atoms with van der Waals surface area (Å²) in [6.07, 6.45) is 6.96. The van der Waals surface area contributed by atoms with Crippen LogP contribution >= 0.6 is 0 Å². The molecule has 2 aliphatic rings. The molecule has 5 rings (SSSR count). The number of carbonyl (C=O) groups excluding carboxylic acids is 1. The number of piperidine rings is 1. The Kier molecular flexibility index (Phi) is 4.53. The van der Waals surface area contributed by atoms with E-state index in [4.69, 9.17) is 4.98 Å². The molecule has 0 bridgehead atoms. The molecule has 1 aliphatic heterocycles. The zero-order valence-corrected chi connectivity index (χ0v) is 17.1. The van der Waals surface area contributed by atoms with Crippen molar-refractivity contribution in [2.45, 2.75) is 44.6 Å². The van der Waals surface area contributed by atoms with Crippen molar-refractivity contribution < 1.29 is 4.79 Å². The van der Waals surface area contributed by atoms with Gasteiger partial charge in [-0.25, -0.2) is 4.98 Å². The Bertz CT molecular complexity index is 1150. The van der Waals surface area contributed by atoms with Crippen LogP contribution in [0.1, 0.15) is 52.3 Å². The maximum Gasteiger partial charge on any atom is 0.257 e. The van der Waals surface area contributed by atoms with E-state index in [1.54, 1.807) is 10.9 Å². The van der Waals surface area contributed by atoms with Gasteiger partial charge in [0.15, 0.2) is 0 Å². The zero-order valence-electron chi connectivity index (χ0n) is 17.1. The summed E-state index contributed by atoms with van der Waals surface area (Å²) in [5, 5.41) is 4.39. The summed E-state index contributed by atoms with van der Waals surface area (Å²) in [6, 6.07) is 10.1. The van der Waals surface area contributed by atoms with Crippen LogP contribution in [0.3, 0.4) is 0 Å². The smallest absolute Gasteiger partial charge is 0.257 e. The van der Waals surface area contributed by atoms with Crippen LogP contribution in [0.2, 0.25) is 0 Å². The minimum atomic E-state index is -0.206. The second kappa shape index (κ2) is 7.23. The predicted octanol–water partition coefficient (Wildman–Crippen LogP) is 2.44. The van der Waals surface area contributed by atoms with Gasteiger partial charge >= 0.3 is 0 Å². The molecule has 7 heteroatoms. The third kappa shape index (κ3) is 3.24. The molecule has 7 nitrogen and oxygen atoms in total. The van der Waals surface area contributed by atoms with Gasteiger partial charge in [-0.1, -0.05) is 30.3 Å². The molecule has 1 unspecified atom stereocenters. The number of H-pyrrole nitrogens is 1. The molecule has 0 saturated carbocycles. The number of hydrogen-bond acceptors (Lipinski definition) is 4. The molecule has 0 radical (unpaired) electrons. The lowest BCUT2D eigenvalue weighted by atomic mass is 9.77. The number of rotatable bonds is 3. The van der Waals surface area contributed by atoms with Crippen molar-refractivity contribution in [1.29, 1.82) is 0 Å². The molecule has 1 saturated heterocycles. The molecule has 1 atom stereocenters. The number of benzene rings is 1. The molecule has 154 valence electrons. The minimum absolute atomic E-state index is 0.00315. The fourth-order valence-electron chi connectivity index (χ4n) is 4.98. The lowest BCUT2D eigenvalue weighted by Gasteiger charge is -2.40. The first-order chi connectivity index (χ1) is 14.5. The maximum atomic E-state index is 13.2. The Hall–Kier alpha value is -3.22. The van der Waals surface area contributed by atoms with Crippen molar-refractivity contribution in [3.05, 3.63) is 81.3 Å². The van der Waals surface area contributed by atoms with Crippen molar-refractivity contribution in [2.75, 3.05) is 13.1 Å². The van der Waals surface area contributed by atoms with E-state index in [0.29, 0.717) is 24.5 Å². The highest BCUT2D eigenvalue weighted by atomic mass is 16.2. The molecule has 1 aromatic carbocycles. The van der Waals surface area contributed by atoms with Gasteiger partial charge in [-0.05, 0) is 38.2 Å². The Morgan fingerprint density at radius 2 is 2.07 bits per heavy atom. The summed E-state index contributed by atoms with van der Waals surface area (Å²) in [7, 11) is 0. The van der Waals surface area contributed by atoms with Gasteiger partial charge in [0.05, 0.1) is 24.0 Å². The second-order valence-electron chi connectivity index (χ2n) is 8.50. The number of nitrogens with one attached hydrogen (secondary N) is 1. The lowest BCUT2D eigenvalue weighted by molar-refractivity contribution is 0.0633. The first-order valence-electron chi connectivity index (χ1n) is 10.5. The molecule has 1 spiro atoms. The van der Waals surface area contributed by atoms with E-state index in [0.717, 1.165) is 49.0 Å². The van der Waals surface area contributed by atoms with Gasteiger partial charge in [-0.2, -0.15) is 5.10 Å². The monoisotopic (exact) mass is 403 g/mol. The van der Waals surface area contributed by atoms with Crippen LogP contribution in [0.15, 0.2) is 47.5 Å². The van der Waals surface area contributed by atoms with E-state index in [9.17, 15) is 9.59 Å². The third-order valence-corrected chi connectivity index (χ3v) is 6.42. The number of aryl methyl sites for hydroxylation is 1. The van der Waals surface area contributed by atoms with Crippen molar-refractivity contribution >= 4 is 5.91 Å². The molecule has 1 N–H and O–H groups in total. The van der Waals surface area contributed by atoms with E-state index in [-0.39, 0.29) is 16.9 Å². The highest BCUT2D eigenvalue weighted by Gasteiger charge is 2.45. The molecule has 3 aromatic rings. The van der Waals surface area contributed by atoms with Gasteiger partial charge in [-0.15, -0.1) is 0 Å². The van der Waals surface area contributed by atoms with Gasteiger partial charge in [0.25, 0.3) is 11.5 Å². The molecule has 2 aromatic heterocycles. The van der Waals surface area contributed by atoms with Crippen molar-refractivity contribution in [1.82, 2.24) is 24.6 Å². The number of amides is 1. The van der Waals surface area contributed by atoms with E-state index in [2.05, 4.69) is 10.1 Å². The Morgan fingerprint density at radius 1 is 1.23 bits per heavy atom. The number of carbonyl (C=O) groups is 1. The van der Waals surface area contributed by atoms with Gasteiger partial charge in [0.1, 0.15) is 5.82 Å². The van der Waals surface area contributed by atoms with Gasteiger partial charge in [-0.3, -0.25) is 14.3 Å². The molecule has 1 amide bonds. The zero-order chi connectivity index (χ0) is 20.7. The SMILES string of the molecule is Cc1nc2c(c(=O)[nH]1)CCC21CCCN(C(=O)c2cnn(Cc3ccccc3)c2)C1. The van der Waals surface area contributed by atoms with E-state index < -0.39 is 0 Å². The highest BCUT2D eigenvalue weighted by Crippen LogP contribution is 2.43. The van der Waals surface area contributed by atoms with Crippen LogP contribution in [-0.4, -0.2) is 43.6 Å². The Labute approximate surface area is 174 Å². The summed E-state index contributed by atoms with van der Waals surface area (Å²) in [4.78, 5) is 35.0. The molecular formula is C23H25N5O2. The lowest BCUT2D eigenvalue weighted by Crippen LogP contribution is -2.48. The Morgan fingerprint density at radius 3 is 2.90 bits per heavy atom. The van der Waals surface area contributed by atoms with E-state index in [1.165, 1.54) is 0 Å². The van der Waals surface area contributed by atoms with Gasteiger partial charge < -0.3 is 9.88 Å². The van der Waals surface area contributed by atoms with Gasteiger partial charge in [0, 0.05) is 30.3 Å². The highest BCUT2D eigenvalue weighted by molar-refractivity contribution is 5.94. The average molecular weight is 403 g/mol. The van der Waals surface area contributed by atoms with Crippen molar-refractivity contribution in [3.63, 3.8) is 0 Å². The molecule has 1 aliphatic carbocycles. The number of hydrogen-bond donors (Lipinski definition) is 1. The standard InChI is InChI=1S/C23H25N5O2/c1-16-25-20-19(21(29)26-16)8-10-23(20)9-5-11-27(15-23)22(30)18-12-24-28(14-18)13-17-6-3-2-4-7-17/h2-4,6-7,12,14H,5,8-11,13,15H2,1H3,(H,25,26,29). The number of nitrogens with zero attached hydrogens (tertiary/aromatic N) is 4.